The highest BCUT2D eigenvalue weighted by molar-refractivity contribution is 5.24. The van der Waals surface area contributed by atoms with Gasteiger partial charge in [0, 0.05) is 12.6 Å². The summed E-state index contributed by atoms with van der Waals surface area (Å²) in [6, 6.07) is 9.23. The van der Waals surface area contributed by atoms with Gasteiger partial charge in [0.15, 0.2) is 0 Å². The van der Waals surface area contributed by atoms with Crippen molar-refractivity contribution >= 4 is 0 Å². The summed E-state index contributed by atoms with van der Waals surface area (Å²) in [4.78, 5) is 0. The zero-order valence-electron chi connectivity index (χ0n) is 11.5. The lowest BCUT2D eigenvalue weighted by molar-refractivity contribution is 0.121. The molecule has 0 fully saturated rings. The van der Waals surface area contributed by atoms with Gasteiger partial charge in [-0.1, -0.05) is 52.0 Å². The number of benzene rings is 1. The number of hydrogen-bond donors (Lipinski definition) is 1. The van der Waals surface area contributed by atoms with Crippen molar-refractivity contribution in [2.45, 2.75) is 46.3 Å². The zero-order valence-corrected chi connectivity index (χ0v) is 11.5. The van der Waals surface area contributed by atoms with E-state index in [1.54, 1.807) is 0 Å². The summed E-state index contributed by atoms with van der Waals surface area (Å²) in [5, 5.41) is 3.33. The van der Waals surface area contributed by atoms with Gasteiger partial charge in [0.2, 0.25) is 0 Å². The molecule has 0 spiro atoms. The van der Waals surface area contributed by atoms with Gasteiger partial charge in [0.25, 0.3) is 0 Å². The van der Waals surface area contributed by atoms with E-state index < -0.39 is 0 Å². The number of ether oxygens (including phenoxy) is 1. The second-order valence-electron chi connectivity index (χ2n) is 5.06. The predicted octanol–water partition coefficient (Wildman–Crippen LogP) is 3.32. The van der Waals surface area contributed by atoms with Gasteiger partial charge in [-0.3, -0.25) is 0 Å². The van der Waals surface area contributed by atoms with E-state index in [9.17, 15) is 0 Å². The van der Waals surface area contributed by atoms with Crippen LogP contribution in [0.1, 0.15) is 44.7 Å². The maximum atomic E-state index is 5.61. The van der Waals surface area contributed by atoms with Gasteiger partial charge in [-0.15, -0.1) is 0 Å². The molecule has 0 bridgehead atoms. The molecule has 0 heterocycles. The van der Waals surface area contributed by atoms with Crippen molar-refractivity contribution in [1.29, 1.82) is 0 Å². The van der Waals surface area contributed by atoms with Crippen molar-refractivity contribution in [2.24, 2.45) is 0 Å². The van der Waals surface area contributed by atoms with Crippen LogP contribution in [0.3, 0.4) is 0 Å². The second-order valence-corrected chi connectivity index (χ2v) is 5.06. The van der Waals surface area contributed by atoms with Gasteiger partial charge in [0.1, 0.15) is 0 Å². The van der Waals surface area contributed by atoms with E-state index in [4.69, 9.17) is 4.74 Å². The molecular weight excluding hydrogens is 210 g/mol. The van der Waals surface area contributed by atoms with Crippen molar-refractivity contribution in [1.82, 2.24) is 5.32 Å². The molecule has 0 aromatic heterocycles. The van der Waals surface area contributed by atoms with Crippen LogP contribution in [0.2, 0.25) is 0 Å². The molecule has 0 aliphatic carbocycles. The number of hydrogen-bond acceptors (Lipinski definition) is 2. The fraction of sp³-hybridized carbons (Fsp3) is 0.600. The first kappa shape index (κ1) is 14.2. The molecule has 1 aromatic carbocycles. The smallest absolute Gasteiger partial charge is 0.0717 e. The highest BCUT2D eigenvalue weighted by atomic mass is 16.5. The molecular formula is C15H25NO. The lowest BCUT2D eigenvalue weighted by Crippen LogP contribution is -2.26. The van der Waals surface area contributed by atoms with Crippen molar-refractivity contribution in [3.63, 3.8) is 0 Å². The average Bonchev–Trinajstić information content (AvgIpc) is 2.29. The Morgan fingerprint density at radius 3 is 2.24 bits per heavy atom. The molecule has 2 nitrogen and oxygen atoms in total. The van der Waals surface area contributed by atoms with Gasteiger partial charge in [-0.05, 0) is 17.0 Å². The zero-order chi connectivity index (χ0) is 12.7. The van der Waals surface area contributed by atoms with E-state index in [0.29, 0.717) is 18.6 Å². The van der Waals surface area contributed by atoms with E-state index in [1.165, 1.54) is 11.1 Å². The minimum absolute atomic E-state index is 0.531. The van der Waals surface area contributed by atoms with Crippen LogP contribution in [0.4, 0.5) is 0 Å². The molecule has 1 aromatic rings. The second kappa shape index (κ2) is 7.46. The third-order valence-electron chi connectivity index (χ3n) is 2.71. The lowest BCUT2D eigenvalue weighted by atomic mass is 10.0. The molecule has 0 aliphatic heterocycles. The summed E-state index contributed by atoms with van der Waals surface area (Å²) >= 11 is 0. The summed E-state index contributed by atoms with van der Waals surface area (Å²) in [5.41, 5.74) is 2.63. The number of nitrogens with one attached hydrogen (secondary N) is 1. The first-order valence-electron chi connectivity index (χ1n) is 6.49. The minimum Gasteiger partial charge on any atom is -0.375 e. The van der Waals surface area contributed by atoms with Crippen LogP contribution < -0.4 is 5.32 Å². The molecule has 0 atom stereocenters. The quantitative estimate of drug-likeness (QED) is 0.732. The first-order valence-corrected chi connectivity index (χ1v) is 6.49. The van der Waals surface area contributed by atoms with E-state index in [2.05, 4.69) is 57.3 Å². The molecule has 2 heteroatoms. The molecule has 96 valence electrons. The molecule has 1 N–H and O–H groups in total. The van der Waals surface area contributed by atoms with Crippen LogP contribution in [-0.4, -0.2) is 19.2 Å². The fourth-order valence-corrected chi connectivity index (χ4v) is 1.61. The summed E-state index contributed by atoms with van der Waals surface area (Å²) in [6.45, 7) is 11.1. The van der Waals surface area contributed by atoms with Gasteiger partial charge >= 0.3 is 0 Å². The molecule has 0 amide bonds. The monoisotopic (exact) mass is 235 g/mol. The highest BCUT2D eigenvalue weighted by Gasteiger charge is 1.99. The normalized spacial score (nSPS) is 11.4. The summed E-state index contributed by atoms with van der Waals surface area (Å²) in [6.07, 6.45) is 0. The first-order chi connectivity index (χ1) is 8.09. The highest BCUT2D eigenvalue weighted by Crippen LogP contribution is 2.14. The summed E-state index contributed by atoms with van der Waals surface area (Å²) in [5.74, 6) is 0.597. The number of rotatable bonds is 7. The minimum atomic E-state index is 0.531. The van der Waals surface area contributed by atoms with Crippen molar-refractivity contribution in [3.05, 3.63) is 35.4 Å². The van der Waals surface area contributed by atoms with Crippen LogP contribution >= 0.6 is 0 Å². The maximum absolute atomic E-state index is 5.61. The fourth-order valence-electron chi connectivity index (χ4n) is 1.61. The predicted molar refractivity (Wildman–Crippen MR) is 73.3 cm³/mol. The Hall–Kier alpha value is -0.860. The Bertz CT molecular complexity index is 303. The average molecular weight is 235 g/mol. The van der Waals surface area contributed by atoms with Crippen LogP contribution in [0.5, 0.6) is 0 Å². The Labute approximate surface area is 105 Å². The van der Waals surface area contributed by atoms with Crippen molar-refractivity contribution in [3.8, 4) is 0 Å². The van der Waals surface area contributed by atoms with E-state index in [1.807, 2.05) is 0 Å². The van der Waals surface area contributed by atoms with Gasteiger partial charge < -0.3 is 10.1 Å². The third kappa shape index (κ3) is 5.85. The third-order valence-corrected chi connectivity index (χ3v) is 2.71. The van der Waals surface area contributed by atoms with Crippen LogP contribution in [0, 0.1) is 0 Å². The van der Waals surface area contributed by atoms with E-state index in [0.717, 1.165) is 13.2 Å². The molecule has 0 unspecified atom stereocenters. The largest absolute Gasteiger partial charge is 0.375 e. The SMILES string of the molecule is CC(C)NCCOCc1ccc(C(C)C)cc1. The Kier molecular flexibility index (Phi) is 6.23. The molecule has 1 rings (SSSR count). The molecule has 0 saturated heterocycles. The standard InChI is InChI=1S/C15H25NO/c1-12(2)15-7-5-14(6-8-15)11-17-10-9-16-13(3)4/h5-8,12-13,16H,9-11H2,1-4H3. The Balaban J connectivity index is 2.23. The molecule has 17 heavy (non-hydrogen) atoms. The Morgan fingerprint density at radius 2 is 1.71 bits per heavy atom. The van der Waals surface area contributed by atoms with Gasteiger partial charge in [0.05, 0.1) is 13.2 Å². The van der Waals surface area contributed by atoms with E-state index >= 15 is 0 Å². The van der Waals surface area contributed by atoms with Gasteiger partial charge in [-0.2, -0.15) is 0 Å². The van der Waals surface area contributed by atoms with Crippen LogP contribution in [0.15, 0.2) is 24.3 Å². The van der Waals surface area contributed by atoms with Crippen molar-refractivity contribution < 1.29 is 4.74 Å². The van der Waals surface area contributed by atoms with E-state index in [-0.39, 0.29) is 0 Å². The molecule has 0 aliphatic rings. The van der Waals surface area contributed by atoms with Crippen molar-refractivity contribution in [2.75, 3.05) is 13.2 Å². The van der Waals surface area contributed by atoms with Crippen LogP contribution in [-0.2, 0) is 11.3 Å². The van der Waals surface area contributed by atoms with Crippen LogP contribution in [0.25, 0.3) is 0 Å². The Morgan fingerprint density at radius 1 is 1.06 bits per heavy atom. The lowest BCUT2D eigenvalue weighted by Gasteiger charge is -2.09. The summed E-state index contributed by atoms with van der Waals surface area (Å²) < 4.78 is 5.61. The maximum Gasteiger partial charge on any atom is 0.0717 e. The van der Waals surface area contributed by atoms with Gasteiger partial charge in [-0.25, -0.2) is 0 Å². The molecule has 0 radical (unpaired) electrons. The topological polar surface area (TPSA) is 21.3 Å². The molecule has 0 saturated carbocycles. The summed E-state index contributed by atoms with van der Waals surface area (Å²) in [7, 11) is 0.